The number of carbonyl (C=O) groups is 2. The molecule has 3 rings (SSSR count). The fourth-order valence-electron chi connectivity index (χ4n) is 2.71. The Hall–Kier alpha value is -3.00. The third-order valence-corrected chi connectivity index (χ3v) is 4.28. The number of nitrogens with zero attached hydrogens (tertiary/aromatic N) is 1. The molecule has 1 amide bonds. The molecule has 154 valence electrons. The summed E-state index contributed by atoms with van der Waals surface area (Å²) in [7, 11) is 0. The smallest absolute Gasteiger partial charge is 0.428 e. The van der Waals surface area contributed by atoms with Crippen LogP contribution >= 0.6 is 11.6 Å². The molecule has 0 atom stereocenters. The summed E-state index contributed by atoms with van der Waals surface area (Å²) in [6, 6.07) is 7.45. The van der Waals surface area contributed by atoms with E-state index >= 15 is 0 Å². The van der Waals surface area contributed by atoms with Crippen LogP contribution in [0, 0.1) is 5.82 Å². The molecule has 7 nitrogen and oxygen atoms in total. The number of fused-ring (bicyclic) bond motifs is 1. The Labute approximate surface area is 172 Å². The third kappa shape index (κ3) is 4.89. The summed E-state index contributed by atoms with van der Waals surface area (Å²) in [5.41, 5.74) is 5.68. The maximum atomic E-state index is 14.2. The third-order valence-electron chi connectivity index (χ3n) is 3.98. The number of amides is 1. The first kappa shape index (κ1) is 20.7. The Kier molecular flexibility index (Phi) is 5.57. The summed E-state index contributed by atoms with van der Waals surface area (Å²) in [6.45, 7) is 5.20. The minimum atomic E-state index is -0.930. The molecule has 0 saturated carbocycles. The predicted molar refractivity (Wildman–Crippen MR) is 104 cm³/mol. The second-order valence-electron chi connectivity index (χ2n) is 7.50. The van der Waals surface area contributed by atoms with Gasteiger partial charge < -0.3 is 19.9 Å². The average Bonchev–Trinajstić information content (AvgIpc) is 2.59. The lowest BCUT2D eigenvalue weighted by molar-refractivity contribution is 0.0206. The molecule has 1 aliphatic rings. The second-order valence-corrected chi connectivity index (χ2v) is 7.91. The number of nitrogens with two attached hydrogens (primary N) is 1. The Morgan fingerprint density at radius 2 is 2.07 bits per heavy atom. The molecule has 0 unspecified atom stereocenters. The van der Waals surface area contributed by atoms with Gasteiger partial charge >= 0.3 is 12.2 Å². The van der Waals surface area contributed by atoms with Crippen LogP contribution in [-0.4, -0.2) is 22.7 Å². The van der Waals surface area contributed by atoms with Gasteiger partial charge in [-0.05, 0) is 32.9 Å². The van der Waals surface area contributed by atoms with Crippen molar-refractivity contribution in [1.82, 2.24) is 4.90 Å². The van der Waals surface area contributed by atoms with Crippen molar-refractivity contribution >= 4 is 29.5 Å². The fourth-order valence-corrected chi connectivity index (χ4v) is 2.93. The van der Waals surface area contributed by atoms with Crippen LogP contribution < -0.4 is 15.2 Å². The quantitative estimate of drug-likeness (QED) is 0.430. The van der Waals surface area contributed by atoms with Crippen LogP contribution in [0.15, 0.2) is 30.3 Å². The van der Waals surface area contributed by atoms with Crippen LogP contribution in [-0.2, 0) is 17.8 Å². The molecule has 2 N–H and O–H groups in total. The van der Waals surface area contributed by atoms with Crippen molar-refractivity contribution in [2.45, 2.75) is 39.5 Å². The molecule has 0 fully saturated rings. The van der Waals surface area contributed by atoms with Crippen LogP contribution in [0.25, 0.3) is 0 Å². The van der Waals surface area contributed by atoms with E-state index in [-0.39, 0.29) is 40.9 Å². The van der Waals surface area contributed by atoms with E-state index in [1.165, 1.54) is 23.1 Å². The van der Waals surface area contributed by atoms with Crippen LogP contribution in [0.4, 0.5) is 19.7 Å². The highest BCUT2D eigenvalue weighted by Gasteiger charge is 2.28. The van der Waals surface area contributed by atoms with Gasteiger partial charge in [0.1, 0.15) is 11.4 Å². The highest BCUT2D eigenvalue weighted by atomic mass is 35.5. The first-order chi connectivity index (χ1) is 13.5. The number of halogens is 2. The van der Waals surface area contributed by atoms with Crippen molar-refractivity contribution in [2.24, 2.45) is 0 Å². The van der Waals surface area contributed by atoms with Crippen LogP contribution in [0.3, 0.4) is 0 Å². The topological polar surface area (TPSA) is 91.1 Å². The Morgan fingerprint density at radius 3 is 2.76 bits per heavy atom. The first-order valence-electron chi connectivity index (χ1n) is 8.76. The van der Waals surface area contributed by atoms with Gasteiger partial charge in [0.25, 0.3) is 0 Å². The van der Waals surface area contributed by atoms with Crippen LogP contribution in [0.2, 0.25) is 5.02 Å². The lowest BCUT2D eigenvalue weighted by Crippen LogP contribution is -2.36. The molecule has 0 aliphatic carbocycles. The molecule has 0 aromatic heterocycles. The molecular weight excluding hydrogens is 403 g/mol. The van der Waals surface area contributed by atoms with E-state index in [0.717, 1.165) is 0 Å². The van der Waals surface area contributed by atoms with Crippen LogP contribution in [0.1, 0.15) is 31.9 Å². The van der Waals surface area contributed by atoms with Crippen molar-refractivity contribution in [3.05, 3.63) is 52.3 Å². The number of rotatable bonds is 3. The molecule has 29 heavy (non-hydrogen) atoms. The highest BCUT2D eigenvalue weighted by Crippen LogP contribution is 2.37. The zero-order valence-corrected chi connectivity index (χ0v) is 16.9. The Morgan fingerprint density at radius 1 is 1.34 bits per heavy atom. The molecule has 0 bridgehead atoms. The van der Waals surface area contributed by atoms with E-state index in [1.54, 1.807) is 32.9 Å². The Balaban J connectivity index is 1.78. The second kappa shape index (κ2) is 7.79. The minimum Gasteiger partial charge on any atom is -0.428 e. The van der Waals surface area contributed by atoms with Crippen LogP contribution in [0.5, 0.6) is 11.5 Å². The summed E-state index contributed by atoms with van der Waals surface area (Å²) in [5, 5.41) is 0.141. The number of hydrogen-bond donors (Lipinski definition) is 1. The molecule has 1 aliphatic heterocycles. The largest absolute Gasteiger partial charge is 0.514 e. The molecule has 1 heterocycles. The van der Waals surface area contributed by atoms with Gasteiger partial charge in [-0.1, -0.05) is 23.7 Å². The van der Waals surface area contributed by atoms with Crippen molar-refractivity contribution in [2.75, 3.05) is 5.73 Å². The van der Waals surface area contributed by atoms with Gasteiger partial charge in [0.2, 0.25) is 0 Å². The molecule has 2 aromatic carbocycles. The molecule has 0 spiro atoms. The van der Waals surface area contributed by atoms with E-state index in [2.05, 4.69) is 0 Å². The number of hydrogen-bond acceptors (Lipinski definition) is 6. The van der Waals surface area contributed by atoms with Crippen molar-refractivity contribution in [1.29, 1.82) is 0 Å². The van der Waals surface area contributed by atoms with E-state index in [1.807, 2.05) is 0 Å². The zero-order valence-electron chi connectivity index (χ0n) is 16.1. The summed E-state index contributed by atoms with van der Waals surface area (Å²) in [6.07, 6.45) is -1.61. The zero-order chi connectivity index (χ0) is 21.3. The van der Waals surface area contributed by atoms with E-state index in [4.69, 9.17) is 31.5 Å². The predicted octanol–water partition coefficient (Wildman–Crippen LogP) is 4.89. The number of ether oxygens (including phenoxy) is 3. The van der Waals surface area contributed by atoms with Crippen molar-refractivity contribution < 1.29 is 28.2 Å². The molecule has 0 radical (unpaired) electrons. The van der Waals surface area contributed by atoms with Crippen molar-refractivity contribution in [3.63, 3.8) is 0 Å². The van der Waals surface area contributed by atoms with Gasteiger partial charge in [-0.15, -0.1) is 0 Å². The first-order valence-corrected chi connectivity index (χ1v) is 9.14. The van der Waals surface area contributed by atoms with Gasteiger partial charge in [0.15, 0.2) is 11.6 Å². The average molecular weight is 423 g/mol. The summed E-state index contributed by atoms with van der Waals surface area (Å²) >= 11 is 6.20. The standard InChI is InChI=1S/C20H20ClFN2O5/c1-20(2,3)29-19(26)28-16-8-15-12(7-13(16)21)10-24(18(25)27-15)9-11-5-4-6-14(23)17(11)22/h4-8H,9-10,23H2,1-3H3. The maximum absolute atomic E-state index is 14.2. The monoisotopic (exact) mass is 422 g/mol. The van der Waals surface area contributed by atoms with Gasteiger partial charge in [-0.25, -0.2) is 14.0 Å². The normalized spacial score (nSPS) is 13.6. The lowest BCUT2D eigenvalue weighted by Gasteiger charge is -2.28. The maximum Gasteiger partial charge on any atom is 0.514 e. The van der Waals surface area contributed by atoms with Gasteiger partial charge in [0.05, 0.1) is 23.8 Å². The SMILES string of the molecule is CC(C)(C)OC(=O)Oc1cc2c(cc1Cl)CN(Cc1cccc(N)c1F)C(=O)O2. The summed E-state index contributed by atoms with van der Waals surface area (Å²) in [4.78, 5) is 25.5. The Bertz CT molecular complexity index is 974. The van der Waals surface area contributed by atoms with Crippen molar-refractivity contribution in [3.8, 4) is 11.5 Å². The number of benzene rings is 2. The highest BCUT2D eigenvalue weighted by molar-refractivity contribution is 6.32. The van der Waals surface area contributed by atoms with E-state index < -0.39 is 23.7 Å². The fraction of sp³-hybridized carbons (Fsp3) is 0.300. The minimum absolute atomic E-state index is 0.000236. The molecular formula is C20H20ClFN2O5. The number of anilines is 1. The number of nitrogen functional groups attached to an aromatic ring is 1. The van der Waals surface area contributed by atoms with E-state index in [0.29, 0.717) is 5.56 Å². The molecule has 0 saturated heterocycles. The summed E-state index contributed by atoms with van der Waals surface area (Å²) < 4.78 is 29.7. The van der Waals surface area contributed by atoms with Gasteiger partial charge in [-0.2, -0.15) is 0 Å². The van der Waals surface area contributed by atoms with E-state index in [9.17, 15) is 14.0 Å². The summed E-state index contributed by atoms with van der Waals surface area (Å²) in [5.74, 6) is -0.379. The van der Waals surface area contributed by atoms with Gasteiger partial charge in [0, 0.05) is 17.2 Å². The number of carbonyl (C=O) groups excluding carboxylic acids is 2. The molecule has 9 heteroatoms. The molecule has 2 aromatic rings. The van der Waals surface area contributed by atoms with Gasteiger partial charge in [-0.3, -0.25) is 4.90 Å². The lowest BCUT2D eigenvalue weighted by atomic mass is 10.1.